The number of furan rings is 1. The van der Waals surface area contributed by atoms with Crippen molar-refractivity contribution < 1.29 is 24.5 Å². The summed E-state index contributed by atoms with van der Waals surface area (Å²) in [4.78, 5) is 19.6. The molecule has 64 heavy (non-hydrogen) atoms. The van der Waals surface area contributed by atoms with Crippen LogP contribution in [-0.2, 0) is 20.1 Å². The zero-order valence-corrected chi connectivity index (χ0v) is 42.1. The van der Waals surface area contributed by atoms with Crippen molar-refractivity contribution in [3.63, 3.8) is 0 Å². The molecule has 0 fully saturated rings. The van der Waals surface area contributed by atoms with Crippen LogP contribution in [0.5, 0.6) is 0 Å². The summed E-state index contributed by atoms with van der Waals surface area (Å²) in [6, 6.07) is 55.2. The largest absolute Gasteiger partial charge is 0.486 e. The van der Waals surface area contributed by atoms with Crippen molar-refractivity contribution in [1.29, 1.82) is 0 Å². The van der Waals surface area contributed by atoms with Gasteiger partial charge < -0.3 is 8.98 Å². The van der Waals surface area contributed by atoms with Gasteiger partial charge in [0.2, 0.25) is 5.71 Å². The minimum absolute atomic E-state index is 0. The molecule has 1 unspecified atom stereocenters. The molecule has 5 aromatic carbocycles. The van der Waals surface area contributed by atoms with E-state index in [1.54, 1.807) is 0 Å². The van der Waals surface area contributed by atoms with Crippen molar-refractivity contribution in [3.8, 4) is 50.6 Å². The molecule has 0 N–H and O–H groups in total. The fourth-order valence-corrected chi connectivity index (χ4v) is 10.3. The third-order valence-corrected chi connectivity index (χ3v) is 16.3. The van der Waals surface area contributed by atoms with Crippen molar-refractivity contribution in [3.05, 3.63) is 181 Å². The first-order valence-electron chi connectivity index (χ1n) is 21.7. The third-order valence-electron chi connectivity index (χ3n) is 12.1. The van der Waals surface area contributed by atoms with E-state index in [0.29, 0.717) is 17.5 Å². The molecule has 1 radical (unpaired) electrons. The van der Waals surface area contributed by atoms with Gasteiger partial charge in [-0.15, -0.1) is 18.2 Å². The molecule has 5 heterocycles. The van der Waals surface area contributed by atoms with Crippen LogP contribution in [0.15, 0.2) is 156 Å². The Morgan fingerprint density at radius 2 is 1.38 bits per heavy atom. The molecule has 1 atom stereocenters. The second-order valence-electron chi connectivity index (χ2n) is 17.7. The Morgan fingerprint density at radius 3 is 1.98 bits per heavy atom. The first-order valence-corrected chi connectivity index (χ1v) is 29.1. The van der Waals surface area contributed by atoms with E-state index < -0.39 is 13.3 Å². The standard InChI is InChI=1S/C41H33N4O.C15H18GeN.Ir/c1-25(2)26(3)35-22-21-33-32-19-12-20-34(39(32)46-41(33)44-35)40-43-36-23-24-42-27(4)37(36)45(40)38-30(28-13-7-5-8-14-28)17-11-18-31(38)29-15-9-6-10-16-29;1-12-5-7-13(8-6-12)15-10-9-14(11-17-15)16(2,3)4;/h5-19,21-26H,1-4H3;5-7,9-11H,1-4H3;/q2*-1;. The van der Waals surface area contributed by atoms with Gasteiger partial charge in [-0.25, -0.2) is 4.98 Å². The fourth-order valence-electron chi connectivity index (χ4n) is 8.11. The van der Waals surface area contributed by atoms with Crippen LogP contribution < -0.4 is 4.40 Å². The first kappa shape index (κ1) is 44.6. The number of imidazole rings is 1. The van der Waals surface area contributed by atoms with Crippen molar-refractivity contribution in [2.24, 2.45) is 5.92 Å². The molecule has 0 aliphatic rings. The van der Waals surface area contributed by atoms with E-state index in [0.717, 1.165) is 89.4 Å². The van der Waals surface area contributed by atoms with Gasteiger partial charge in [-0.1, -0.05) is 111 Å². The van der Waals surface area contributed by atoms with Crippen LogP contribution in [0, 0.1) is 31.9 Å². The Balaban J connectivity index is 0.000000262. The molecular formula is C56H51GeIrN5O-2. The number of para-hydroxylation sites is 1. The predicted octanol–water partition coefficient (Wildman–Crippen LogP) is 14.0. The molecule has 321 valence electrons. The van der Waals surface area contributed by atoms with Crippen LogP contribution in [0.1, 0.15) is 43.6 Å². The number of aryl methyl sites for hydroxylation is 2. The zero-order chi connectivity index (χ0) is 43.8. The Bertz CT molecular complexity index is 3150. The van der Waals surface area contributed by atoms with E-state index >= 15 is 0 Å². The van der Waals surface area contributed by atoms with E-state index in [1.165, 1.54) is 9.96 Å². The molecule has 0 amide bonds. The molecule has 5 aromatic heterocycles. The summed E-state index contributed by atoms with van der Waals surface area (Å²) < 4.78 is 10.4. The number of hydrogen-bond acceptors (Lipinski definition) is 5. The number of fused-ring (bicyclic) bond motifs is 4. The van der Waals surface area contributed by atoms with Crippen LogP contribution in [0.25, 0.3) is 83.7 Å². The smallest absolute Gasteiger partial charge is 0.216 e. The van der Waals surface area contributed by atoms with Crippen LogP contribution in [0.3, 0.4) is 0 Å². The minimum atomic E-state index is -1.73. The van der Waals surface area contributed by atoms with Crippen LogP contribution in [-0.4, -0.2) is 37.8 Å². The van der Waals surface area contributed by atoms with E-state index in [9.17, 15) is 0 Å². The maximum absolute atomic E-state index is 6.64. The van der Waals surface area contributed by atoms with Gasteiger partial charge in [0.1, 0.15) is 0 Å². The summed E-state index contributed by atoms with van der Waals surface area (Å²) in [6.07, 6.45) is 3.87. The maximum atomic E-state index is 6.64. The number of aromatic nitrogens is 5. The molecule has 0 saturated carbocycles. The second-order valence-corrected chi connectivity index (χ2v) is 28.4. The van der Waals surface area contributed by atoms with E-state index in [4.69, 9.17) is 19.4 Å². The monoisotopic (exact) mass is 1080 g/mol. The number of pyridine rings is 3. The van der Waals surface area contributed by atoms with Gasteiger partial charge in [-0.3, -0.25) is 9.97 Å². The van der Waals surface area contributed by atoms with Crippen molar-refractivity contribution in [1.82, 2.24) is 24.5 Å². The van der Waals surface area contributed by atoms with Crippen LogP contribution in [0.2, 0.25) is 17.3 Å². The summed E-state index contributed by atoms with van der Waals surface area (Å²) in [7, 11) is 0. The van der Waals surface area contributed by atoms with E-state index in [2.05, 4.69) is 188 Å². The predicted molar refractivity (Wildman–Crippen MR) is 263 cm³/mol. The Kier molecular flexibility index (Phi) is 13.0. The molecule has 0 bridgehead atoms. The maximum Gasteiger partial charge on any atom is 0.216 e. The van der Waals surface area contributed by atoms with Gasteiger partial charge in [0, 0.05) is 54.4 Å². The molecule has 0 spiro atoms. The zero-order valence-electron chi connectivity index (χ0n) is 37.6. The van der Waals surface area contributed by atoms with Crippen LogP contribution in [0.4, 0.5) is 0 Å². The molecule has 0 aliphatic carbocycles. The first-order chi connectivity index (χ1) is 30.5. The van der Waals surface area contributed by atoms with Crippen molar-refractivity contribution in [2.75, 3.05) is 0 Å². The molecule has 6 nitrogen and oxygen atoms in total. The molecule has 8 heteroatoms. The number of nitrogens with zero attached hydrogens (tertiary/aromatic N) is 5. The van der Waals surface area contributed by atoms with Gasteiger partial charge in [-0.2, -0.15) is 0 Å². The van der Waals surface area contributed by atoms with Gasteiger partial charge in [0.15, 0.2) is 0 Å². The molecule has 0 saturated heterocycles. The number of benzene rings is 5. The topological polar surface area (TPSA) is 69.6 Å². The summed E-state index contributed by atoms with van der Waals surface area (Å²) in [5, 5.41) is 1.98. The third kappa shape index (κ3) is 8.77. The molecular weight excluding hydrogens is 1020 g/mol. The molecule has 0 aliphatic heterocycles. The minimum Gasteiger partial charge on any atom is -0.486 e. The SMILES string of the molecule is Cc1c[c-]c(-c2cc[c]([Ge]([CH3])([CH3])[CH3])cn2)cc1.Cc1nccc2nc(-c3[c-]ccc4c3oc3nc(C(C)C(C)C)ccc34)n(-c3c(-c4ccccc4)cccc3-c3ccccc3)c12.[Ir]. The number of hydrogen-bond donors (Lipinski definition) is 0. The molecule has 10 aromatic rings. The van der Waals surface area contributed by atoms with Crippen molar-refractivity contribution >= 4 is 50.8 Å². The second kappa shape index (κ2) is 18.6. The van der Waals surface area contributed by atoms with E-state index in [-0.39, 0.29) is 20.1 Å². The quantitative estimate of drug-likeness (QED) is 0.112. The Morgan fingerprint density at radius 1 is 0.672 bits per heavy atom. The average molecular weight is 1070 g/mol. The Labute approximate surface area is 392 Å². The van der Waals surface area contributed by atoms with Gasteiger partial charge in [-0.05, 0) is 42.2 Å². The van der Waals surface area contributed by atoms with Gasteiger partial charge in [0.25, 0.3) is 0 Å². The summed E-state index contributed by atoms with van der Waals surface area (Å²) in [5.41, 5.74) is 14.6. The summed E-state index contributed by atoms with van der Waals surface area (Å²) in [6.45, 7) is 10.8. The normalized spacial score (nSPS) is 12.0. The number of rotatable bonds is 8. The molecule has 10 rings (SSSR count). The van der Waals surface area contributed by atoms with Crippen LogP contribution >= 0.6 is 0 Å². The fraction of sp³-hybridized carbons (Fsp3) is 0.179. The average Bonchev–Trinajstić information content (AvgIpc) is 3.88. The summed E-state index contributed by atoms with van der Waals surface area (Å²) in [5.74, 6) is 8.68. The van der Waals surface area contributed by atoms with Gasteiger partial charge in [0.05, 0.1) is 33.8 Å². The van der Waals surface area contributed by atoms with Gasteiger partial charge >= 0.3 is 106 Å². The Hall–Kier alpha value is -5.99. The van der Waals surface area contributed by atoms with E-state index in [1.807, 2.05) is 37.5 Å². The van der Waals surface area contributed by atoms with Crippen molar-refractivity contribution in [2.45, 2.75) is 57.8 Å². The summed E-state index contributed by atoms with van der Waals surface area (Å²) >= 11 is -1.73.